The molecule has 0 heterocycles. The maximum atomic E-state index is 12.0. The van der Waals surface area contributed by atoms with Crippen LogP contribution in [0.2, 0.25) is 0 Å². The Morgan fingerprint density at radius 1 is 1.33 bits per heavy atom. The smallest absolute Gasteiger partial charge is 0.224 e. The molecule has 0 bridgehead atoms. The molecule has 0 aromatic heterocycles. The fourth-order valence-electron chi connectivity index (χ4n) is 2.76. The van der Waals surface area contributed by atoms with Gasteiger partial charge in [-0.05, 0) is 43.2 Å². The van der Waals surface area contributed by atoms with Gasteiger partial charge in [-0.3, -0.25) is 4.79 Å². The molecular formula is C18H27NO2. The number of nitrogens with one attached hydrogen (secondary N) is 1. The van der Waals surface area contributed by atoms with Gasteiger partial charge in [-0.2, -0.15) is 0 Å². The first kappa shape index (κ1) is 15.9. The van der Waals surface area contributed by atoms with Crippen molar-refractivity contribution in [1.29, 1.82) is 0 Å². The van der Waals surface area contributed by atoms with E-state index in [0.29, 0.717) is 18.3 Å². The lowest BCUT2D eigenvalue weighted by Crippen LogP contribution is -2.15. The van der Waals surface area contributed by atoms with Crippen molar-refractivity contribution in [3.8, 4) is 5.75 Å². The largest absolute Gasteiger partial charge is 0.494 e. The van der Waals surface area contributed by atoms with Crippen LogP contribution in [0.1, 0.15) is 52.4 Å². The highest BCUT2D eigenvalue weighted by Gasteiger charge is 2.18. The normalized spacial score (nSPS) is 15.4. The first-order valence-corrected chi connectivity index (χ1v) is 8.16. The van der Waals surface area contributed by atoms with Crippen molar-refractivity contribution >= 4 is 11.6 Å². The lowest BCUT2D eigenvalue weighted by molar-refractivity contribution is -0.117. The molecule has 3 heteroatoms. The van der Waals surface area contributed by atoms with Gasteiger partial charge in [-0.1, -0.05) is 32.8 Å². The van der Waals surface area contributed by atoms with Crippen LogP contribution < -0.4 is 10.1 Å². The van der Waals surface area contributed by atoms with Crippen LogP contribution in [0.3, 0.4) is 0 Å². The number of carbonyl (C=O) groups excluding carboxylic acids is 1. The maximum Gasteiger partial charge on any atom is 0.224 e. The van der Waals surface area contributed by atoms with Gasteiger partial charge < -0.3 is 10.1 Å². The summed E-state index contributed by atoms with van der Waals surface area (Å²) in [6.07, 6.45) is 6.64. The van der Waals surface area contributed by atoms with Crippen LogP contribution in [-0.4, -0.2) is 12.5 Å². The molecule has 2 rings (SSSR count). The minimum absolute atomic E-state index is 0.126. The Labute approximate surface area is 128 Å². The highest BCUT2D eigenvalue weighted by atomic mass is 16.5. The lowest BCUT2D eigenvalue weighted by atomic mass is 10.0. The van der Waals surface area contributed by atoms with E-state index in [0.717, 1.165) is 24.5 Å². The average Bonchev–Trinajstić information content (AvgIpc) is 2.91. The first-order chi connectivity index (χ1) is 10.1. The van der Waals surface area contributed by atoms with Crippen LogP contribution in [0.15, 0.2) is 24.3 Å². The van der Waals surface area contributed by atoms with E-state index in [4.69, 9.17) is 4.74 Å². The summed E-state index contributed by atoms with van der Waals surface area (Å²) in [5.74, 6) is 2.17. The van der Waals surface area contributed by atoms with Crippen molar-refractivity contribution < 1.29 is 9.53 Å². The zero-order chi connectivity index (χ0) is 15.1. The van der Waals surface area contributed by atoms with Crippen molar-refractivity contribution in [1.82, 2.24) is 0 Å². The van der Waals surface area contributed by atoms with Gasteiger partial charge in [-0.15, -0.1) is 0 Å². The van der Waals surface area contributed by atoms with E-state index in [9.17, 15) is 4.79 Å². The van der Waals surface area contributed by atoms with E-state index in [1.54, 1.807) is 0 Å². The van der Waals surface area contributed by atoms with Crippen molar-refractivity contribution in [2.24, 2.45) is 11.8 Å². The summed E-state index contributed by atoms with van der Waals surface area (Å²) < 4.78 is 5.72. The number of ether oxygens (including phenoxy) is 1. The fourth-order valence-corrected chi connectivity index (χ4v) is 2.76. The van der Waals surface area contributed by atoms with E-state index in [-0.39, 0.29) is 5.91 Å². The molecule has 116 valence electrons. The third kappa shape index (κ3) is 5.78. The fraction of sp³-hybridized carbons (Fsp3) is 0.611. The zero-order valence-corrected chi connectivity index (χ0v) is 13.2. The van der Waals surface area contributed by atoms with E-state index >= 15 is 0 Å². The van der Waals surface area contributed by atoms with E-state index < -0.39 is 0 Å². The molecule has 1 amide bonds. The lowest BCUT2D eigenvalue weighted by Gasteiger charge is -2.12. The quantitative estimate of drug-likeness (QED) is 0.794. The number of amides is 1. The van der Waals surface area contributed by atoms with Crippen LogP contribution in [0, 0.1) is 11.8 Å². The average molecular weight is 289 g/mol. The van der Waals surface area contributed by atoms with Crippen molar-refractivity contribution in [3.63, 3.8) is 0 Å². The van der Waals surface area contributed by atoms with Crippen molar-refractivity contribution in [2.45, 2.75) is 52.4 Å². The van der Waals surface area contributed by atoms with Crippen molar-refractivity contribution in [2.75, 3.05) is 11.9 Å². The van der Waals surface area contributed by atoms with Crippen LogP contribution in [0.25, 0.3) is 0 Å². The van der Waals surface area contributed by atoms with E-state index in [1.165, 1.54) is 25.7 Å². The highest BCUT2D eigenvalue weighted by molar-refractivity contribution is 5.91. The molecule has 1 aliphatic rings. The topological polar surface area (TPSA) is 38.3 Å². The van der Waals surface area contributed by atoms with Crippen LogP contribution >= 0.6 is 0 Å². The summed E-state index contributed by atoms with van der Waals surface area (Å²) in [7, 11) is 0. The van der Waals surface area contributed by atoms with Crippen LogP contribution in [0.5, 0.6) is 5.75 Å². The summed E-state index contributed by atoms with van der Waals surface area (Å²) in [6, 6.07) is 7.69. The van der Waals surface area contributed by atoms with Gasteiger partial charge in [0.1, 0.15) is 5.75 Å². The second-order valence-corrected chi connectivity index (χ2v) is 6.46. The van der Waals surface area contributed by atoms with E-state index in [2.05, 4.69) is 19.2 Å². The molecule has 1 aliphatic carbocycles. The summed E-state index contributed by atoms with van der Waals surface area (Å²) in [4.78, 5) is 12.0. The monoisotopic (exact) mass is 289 g/mol. The molecule has 0 atom stereocenters. The second kappa shape index (κ2) is 8.06. The van der Waals surface area contributed by atoms with Gasteiger partial charge in [0.15, 0.2) is 0 Å². The minimum atomic E-state index is 0.126. The number of carbonyl (C=O) groups is 1. The molecule has 1 fully saturated rings. The van der Waals surface area contributed by atoms with Crippen LogP contribution in [-0.2, 0) is 4.79 Å². The summed E-state index contributed by atoms with van der Waals surface area (Å²) in [6.45, 7) is 5.09. The van der Waals surface area contributed by atoms with Gasteiger partial charge in [-0.25, -0.2) is 0 Å². The van der Waals surface area contributed by atoms with Crippen molar-refractivity contribution in [3.05, 3.63) is 24.3 Å². The van der Waals surface area contributed by atoms with E-state index in [1.807, 2.05) is 24.3 Å². The summed E-state index contributed by atoms with van der Waals surface area (Å²) in [5.41, 5.74) is 0.833. The van der Waals surface area contributed by atoms with Gasteiger partial charge >= 0.3 is 0 Å². The molecule has 1 aromatic carbocycles. The summed E-state index contributed by atoms with van der Waals surface area (Å²) >= 11 is 0. The standard InChI is InChI=1S/C18H27NO2/c1-14(2)10-11-21-17-9-5-8-16(13-17)19-18(20)12-15-6-3-4-7-15/h5,8-9,13-15H,3-4,6-7,10-12H2,1-2H3,(H,19,20). The Balaban J connectivity index is 1.80. The number of rotatable bonds is 7. The third-order valence-corrected chi connectivity index (χ3v) is 4.03. The predicted molar refractivity (Wildman–Crippen MR) is 86.6 cm³/mol. The molecule has 0 aliphatic heterocycles. The second-order valence-electron chi connectivity index (χ2n) is 6.46. The summed E-state index contributed by atoms with van der Waals surface area (Å²) in [5, 5.41) is 2.99. The van der Waals surface area contributed by atoms with Gasteiger partial charge in [0.25, 0.3) is 0 Å². The number of hydrogen-bond acceptors (Lipinski definition) is 2. The molecule has 1 aromatic rings. The molecule has 0 saturated heterocycles. The molecule has 0 unspecified atom stereocenters. The molecule has 0 radical (unpaired) electrons. The predicted octanol–water partition coefficient (Wildman–Crippen LogP) is 4.63. The van der Waals surface area contributed by atoms with Gasteiger partial charge in [0.2, 0.25) is 5.91 Å². The minimum Gasteiger partial charge on any atom is -0.494 e. The van der Waals surface area contributed by atoms with Gasteiger partial charge in [0, 0.05) is 18.2 Å². The molecule has 1 saturated carbocycles. The Bertz CT molecular complexity index is 450. The highest BCUT2D eigenvalue weighted by Crippen LogP contribution is 2.28. The Hall–Kier alpha value is -1.51. The first-order valence-electron chi connectivity index (χ1n) is 8.16. The number of hydrogen-bond donors (Lipinski definition) is 1. The maximum absolute atomic E-state index is 12.0. The molecule has 0 spiro atoms. The molecule has 1 N–H and O–H groups in total. The molecule has 21 heavy (non-hydrogen) atoms. The Morgan fingerprint density at radius 2 is 2.10 bits per heavy atom. The number of benzene rings is 1. The van der Waals surface area contributed by atoms with Gasteiger partial charge in [0.05, 0.1) is 6.61 Å². The SMILES string of the molecule is CC(C)CCOc1cccc(NC(=O)CC2CCCC2)c1. The Kier molecular flexibility index (Phi) is 6.09. The third-order valence-electron chi connectivity index (χ3n) is 4.03. The zero-order valence-electron chi connectivity index (χ0n) is 13.2. The number of anilines is 1. The molecule has 3 nitrogen and oxygen atoms in total. The Morgan fingerprint density at radius 3 is 2.81 bits per heavy atom. The van der Waals surface area contributed by atoms with Crippen LogP contribution in [0.4, 0.5) is 5.69 Å². The molecular weight excluding hydrogens is 262 g/mol.